The number of piperazine rings is 3. The van der Waals surface area contributed by atoms with Gasteiger partial charge in [-0.2, -0.15) is 58.9 Å². The molecule has 0 spiro atoms. The lowest BCUT2D eigenvalue weighted by atomic mass is 10.0. The Balaban J connectivity index is 0.000000148. The molecule has 9 aliphatic rings. The maximum absolute atomic E-state index is 13.8. The van der Waals surface area contributed by atoms with Crippen LogP contribution in [0, 0.1) is 34.0 Å². The van der Waals surface area contributed by atoms with Crippen molar-refractivity contribution >= 4 is 73.8 Å². The van der Waals surface area contributed by atoms with E-state index in [0.717, 1.165) is 130 Å². The molecular formula is C96H114F3N21O8. The molecule has 7 atom stereocenters. The van der Waals surface area contributed by atoms with Crippen molar-refractivity contribution in [2.45, 2.75) is 139 Å². The largest absolute Gasteiger partial charge is 0.462 e. The van der Waals surface area contributed by atoms with Gasteiger partial charge < -0.3 is 72.7 Å². The minimum atomic E-state index is -4.48. The third kappa shape index (κ3) is 20.6. The van der Waals surface area contributed by atoms with E-state index in [1.807, 2.05) is 4.90 Å². The van der Waals surface area contributed by atoms with E-state index in [-0.39, 0.29) is 91.5 Å². The van der Waals surface area contributed by atoms with Gasteiger partial charge in [0.25, 0.3) is 0 Å². The summed E-state index contributed by atoms with van der Waals surface area (Å²) in [4.78, 5) is 92.1. The molecule has 3 amide bonds. The van der Waals surface area contributed by atoms with Crippen LogP contribution < -0.4 is 43.6 Å². The van der Waals surface area contributed by atoms with Crippen molar-refractivity contribution in [1.29, 1.82) is 15.8 Å². The number of carbonyl (C=O) groups excluding carboxylic acids is 3. The van der Waals surface area contributed by atoms with Crippen molar-refractivity contribution in [3.05, 3.63) is 186 Å². The molecule has 6 fully saturated rings. The number of likely N-dealkylation sites (N-methyl/N-ethyl adjacent to an activating group) is 2. The fourth-order valence-electron chi connectivity index (χ4n) is 19.6. The van der Waals surface area contributed by atoms with Gasteiger partial charge in [-0.15, -0.1) is 0 Å². The van der Waals surface area contributed by atoms with Crippen LogP contribution in [0.3, 0.4) is 0 Å². The van der Waals surface area contributed by atoms with E-state index < -0.39 is 11.7 Å². The lowest BCUT2D eigenvalue weighted by molar-refractivity contribution is -0.137. The number of rotatable bonds is 25. The van der Waals surface area contributed by atoms with Gasteiger partial charge in [-0.05, 0) is 132 Å². The number of halogens is 3. The van der Waals surface area contributed by atoms with Crippen LogP contribution in [0.5, 0.6) is 18.0 Å². The molecule has 0 bridgehead atoms. The number of methoxy groups -OCH3 is 2. The first-order chi connectivity index (χ1) is 62.3. The third-order valence-corrected chi connectivity index (χ3v) is 26.5. The average molecular weight is 1750 g/mol. The monoisotopic (exact) mass is 1750 g/mol. The van der Waals surface area contributed by atoms with E-state index in [0.29, 0.717) is 141 Å². The van der Waals surface area contributed by atoms with Crippen molar-refractivity contribution in [2.75, 3.05) is 189 Å². The highest BCUT2D eigenvalue weighted by Crippen LogP contribution is 2.42. The number of hydrogen-bond acceptors (Lipinski definition) is 26. The van der Waals surface area contributed by atoms with Gasteiger partial charge in [0.05, 0.1) is 111 Å². The number of ether oxygens (including phenoxy) is 5. The number of carbonyl (C=O) groups is 3. The molecule has 17 rings (SSSR count). The van der Waals surface area contributed by atoms with Crippen LogP contribution in [0.1, 0.15) is 90.7 Å². The van der Waals surface area contributed by atoms with Gasteiger partial charge in [0.2, 0.25) is 17.7 Å². The number of likely N-dealkylation sites (tertiary alicyclic amines) is 3. The highest BCUT2D eigenvalue weighted by Gasteiger charge is 2.41. The summed E-state index contributed by atoms with van der Waals surface area (Å²) >= 11 is 0. The van der Waals surface area contributed by atoms with Gasteiger partial charge in [-0.25, -0.2) is 0 Å². The summed E-state index contributed by atoms with van der Waals surface area (Å²) in [5.41, 5.74) is 7.45. The summed E-state index contributed by atoms with van der Waals surface area (Å²) in [5, 5.41) is 33.4. The number of para-hydroxylation sites is 1. The molecule has 12 heterocycles. The van der Waals surface area contributed by atoms with Gasteiger partial charge >= 0.3 is 24.2 Å². The maximum Gasteiger partial charge on any atom is 0.418 e. The number of alkyl halides is 3. The Bertz CT molecular complexity index is 5440. The Morgan fingerprint density at radius 2 is 0.852 bits per heavy atom. The van der Waals surface area contributed by atoms with Gasteiger partial charge in [-0.1, -0.05) is 105 Å². The number of fused-ring (bicyclic) bond motifs is 5. The molecule has 5 aromatic carbocycles. The zero-order valence-electron chi connectivity index (χ0n) is 73.6. The number of hydrogen-bond donors (Lipinski definition) is 0. The Kier molecular flexibility index (Phi) is 29.5. The summed E-state index contributed by atoms with van der Waals surface area (Å²) in [5.74, 6) is 1.86. The molecule has 9 aliphatic heterocycles. The lowest BCUT2D eigenvalue weighted by Crippen LogP contribution is -2.55. The SMILES string of the molecule is C=CC(=O)N1CCN(c2nc(OC[C@@H]3CCCN3C)nc3c2CCN(c2ccccc2C(F)(F)F)C3)C[C@@H]1CC#N.C=CC(=O)N1CCN(c2nc(OC[C@@H]3CCCN3CCOC)nc3c2CCN(c2cccc4ccccc24)C3)CC1CC#N.C=CC(=O)N1CCN(c2nc(OC[C@@H]3C[C@@H](OC)CN3C)nc3c2CCN(c2cccc4ccccc24)C3)CC1CC#N. The quantitative estimate of drug-likeness (QED) is 0.0480. The zero-order valence-corrected chi connectivity index (χ0v) is 73.6. The number of amides is 3. The normalized spacial score (nSPS) is 21.4. The van der Waals surface area contributed by atoms with Crippen molar-refractivity contribution in [3.8, 4) is 36.2 Å². The van der Waals surface area contributed by atoms with Crippen LogP contribution in [0.4, 0.5) is 47.7 Å². The van der Waals surface area contributed by atoms with Crippen LogP contribution in [0.2, 0.25) is 0 Å². The molecule has 0 radical (unpaired) electrons. The minimum Gasteiger partial charge on any atom is -0.462 e. The van der Waals surface area contributed by atoms with Gasteiger partial charge in [-0.3, -0.25) is 24.2 Å². The standard InChI is InChI=1S/C34H41N7O3.C33H39N7O3.C29H34F3N7O2/c1-3-32(42)41-19-18-40(22-26(41)13-15-35)33-29-14-17-39(31-12-6-9-25-8-4-5-11-28(25)31)23-30(29)36-34(37-33)44-24-27-10-7-16-38(27)20-21-43-2;1-4-31(41)40-17-16-39(19-24(40)12-14-34)32-28-13-15-38(30-11-7-9-23-8-5-6-10-27(23)30)21-29(28)35-33(36-32)43-22-25-18-26(42-3)20-37(25)2;1-3-26(40)39-16-15-38(17-20(39)10-12-33)27-22-11-14-37(25-9-5-4-8-23(25)29(30,31)32)18-24(22)34-28(35-27)41-19-21-7-6-13-36(21)2/h3-6,8-9,11-12,26-27H,1,7,10,13-14,16-24H2,2H3;4-11,24-26H,1,12-13,15-22H2,2-3H3;3-5,8-9,20-21H,1,6-7,10-11,13-19H2,2H3/t26?,27-;24?,25-,26+;20-,21-/m000/s1. The molecule has 672 valence electrons. The number of nitrogens with zero attached hydrogens (tertiary/aromatic N) is 21. The number of anilines is 6. The van der Waals surface area contributed by atoms with Crippen molar-refractivity contribution in [3.63, 3.8) is 0 Å². The molecular weight excluding hydrogens is 1630 g/mol. The van der Waals surface area contributed by atoms with Gasteiger partial charge in [0.15, 0.2) is 0 Å². The van der Waals surface area contributed by atoms with E-state index in [2.05, 4.69) is 171 Å². The number of benzene rings is 5. The molecule has 128 heavy (non-hydrogen) atoms. The highest BCUT2D eigenvalue weighted by atomic mass is 19.4. The first kappa shape index (κ1) is 90.5. The molecule has 0 aliphatic carbocycles. The molecule has 29 nitrogen and oxygen atoms in total. The predicted molar refractivity (Wildman–Crippen MR) is 485 cm³/mol. The van der Waals surface area contributed by atoms with E-state index in [4.69, 9.17) is 53.6 Å². The predicted octanol–water partition coefficient (Wildman–Crippen LogP) is 10.9. The molecule has 32 heteroatoms. The fraction of sp³-hybridized carbons (Fsp3) is 0.479. The molecule has 0 saturated carbocycles. The van der Waals surface area contributed by atoms with E-state index in [1.165, 1.54) is 63.3 Å². The topological polar surface area (TPSA) is 285 Å². The third-order valence-electron chi connectivity index (χ3n) is 26.5. The van der Waals surface area contributed by atoms with Crippen LogP contribution >= 0.6 is 0 Å². The molecule has 8 aromatic rings. The summed E-state index contributed by atoms with van der Waals surface area (Å²) in [6.45, 7) is 24.8. The first-order valence-corrected chi connectivity index (χ1v) is 44.5. The van der Waals surface area contributed by atoms with Crippen LogP contribution in [0.25, 0.3) is 21.5 Å². The molecule has 6 saturated heterocycles. The second kappa shape index (κ2) is 41.7. The van der Waals surface area contributed by atoms with E-state index >= 15 is 0 Å². The molecule has 2 unspecified atom stereocenters. The van der Waals surface area contributed by atoms with Crippen molar-refractivity contribution in [1.82, 2.24) is 59.3 Å². The Labute approximate surface area is 746 Å². The summed E-state index contributed by atoms with van der Waals surface area (Å²) in [6, 6.07) is 43.0. The molecule has 0 N–H and O–H groups in total. The second-order valence-corrected chi connectivity index (χ2v) is 34.1. The fourth-order valence-corrected chi connectivity index (χ4v) is 19.6. The lowest BCUT2D eigenvalue weighted by Gasteiger charge is -2.42. The van der Waals surface area contributed by atoms with E-state index in [1.54, 1.807) is 39.9 Å². The van der Waals surface area contributed by atoms with Crippen molar-refractivity contribution in [2.24, 2.45) is 0 Å². The maximum atomic E-state index is 13.8. The Morgan fingerprint density at radius 3 is 1.27 bits per heavy atom. The Hall–Kier alpha value is -12.3. The summed E-state index contributed by atoms with van der Waals surface area (Å²) < 4.78 is 71.2. The smallest absolute Gasteiger partial charge is 0.418 e. The van der Waals surface area contributed by atoms with Gasteiger partial charge in [0, 0.05) is 168 Å². The minimum absolute atomic E-state index is 0.117. The van der Waals surface area contributed by atoms with Crippen molar-refractivity contribution < 1.29 is 51.2 Å². The van der Waals surface area contributed by atoms with Gasteiger partial charge in [0.1, 0.15) is 37.3 Å². The second-order valence-electron chi connectivity index (χ2n) is 34.1. The summed E-state index contributed by atoms with van der Waals surface area (Å²) in [7, 11) is 7.63. The molecule has 3 aromatic heterocycles. The van der Waals surface area contributed by atoms with Crippen LogP contribution in [0.15, 0.2) is 147 Å². The van der Waals surface area contributed by atoms with Crippen LogP contribution in [-0.4, -0.2) is 279 Å². The Morgan fingerprint density at radius 1 is 0.453 bits per heavy atom. The van der Waals surface area contributed by atoms with Crippen LogP contribution in [-0.2, 0) is 68.9 Å². The highest BCUT2D eigenvalue weighted by molar-refractivity contribution is 5.96. The first-order valence-electron chi connectivity index (χ1n) is 44.5. The number of nitriles is 3. The summed E-state index contributed by atoms with van der Waals surface area (Å²) in [6.07, 6.45) is 7.50. The van der Waals surface area contributed by atoms with E-state index in [9.17, 15) is 43.3 Å². The zero-order chi connectivity index (χ0) is 89.5. The number of aromatic nitrogens is 6. The average Bonchev–Trinajstić information content (AvgIpc) is 0.946.